The molecule has 0 aliphatic carbocycles. The topological polar surface area (TPSA) is 64.2 Å². The first-order valence-corrected chi connectivity index (χ1v) is 8.02. The summed E-state index contributed by atoms with van der Waals surface area (Å²) in [4.78, 5) is 16.7. The summed E-state index contributed by atoms with van der Waals surface area (Å²) in [6.07, 6.45) is 5.40. The Kier molecular flexibility index (Phi) is 3.78. The Morgan fingerprint density at radius 3 is 2.68 bits per heavy atom. The molecule has 124 valence electrons. The van der Waals surface area contributed by atoms with E-state index in [1.165, 1.54) is 0 Å². The van der Waals surface area contributed by atoms with Gasteiger partial charge in [0.05, 0.1) is 5.69 Å². The van der Waals surface area contributed by atoms with Crippen molar-refractivity contribution in [3.63, 3.8) is 0 Å². The zero-order valence-corrected chi connectivity index (χ0v) is 13.8. The van der Waals surface area contributed by atoms with E-state index in [4.69, 9.17) is 0 Å². The van der Waals surface area contributed by atoms with Gasteiger partial charge in [0, 0.05) is 30.8 Å². The predicted octanol–water partition coefficient (Wildman–Crippen LogP) is 2.76. The molecule has 0 atom stereocenters. The van der Waals surface area contributed by atoms with Crippen molar-refractivity contribution >= 4 is 11.6 Å². The number of imidazole rings is 1. The van der Waals surface area contributed by atoms with Crippen LogP contribution in [-0.4, -0.2) is 25.1 Å². The molecule has 4 rings (SSSR count). The Bertz CT molecular complexity index is 1020. The van der Waals surface area contributed by atoms with Crippen LogP contribution in [0.3, 0.4) is 0 Å². The van der Waals surface area contributed by atoms with Crippen LogP contribution in [0.1, 0.15) is 21.7 Å². The number of nitrogens with zero attached hydrogens (tertiary/aromatic N) is 4. The minimum atomic E-state index is -0.181. The lowest BCUT2D eigenvalue weighted by atomic mass is 10.2. The van der Waals surface area contributed by atoms with E-state index in [1.807, 2.05) is 66.1 Å². The highest BCUT2D eigenvalue weighted by Crippen LogP contribution is 2.10. The third kappa shape index (κ3) is 3.01. The number of hydrogen-bond donors (Lipinski definition) is 1. The van der Waals surface area contributed by atoms with Gasteiger partial charge in [0.25, 0.3) is 5.91 Å². The molecule has 1 aromatic carbocycles. The fraction of sp³-hybridized carbons (Fsp3) is 0.105. The van der Waals surface area contributed by atoms with Gasteiger partial charge in [-0.25, -0.2) is 9.67 Å². The van der Waals surface area contributed by atoms with Crippen LogP contribution >= 0.6 is 0 Å². The Labute approximate surface area is 144 Å². The molecule has 1 N–H and O–H groups in total. The Morgan fingerprint density at radius 1 is 1.12 bits per heavy atom. The van der Waals surface area contributed by atoms with Crippen molar-refractivity contribution in [2.45, 2.75) is 13.5 Å². The van der Waals surface area contributed by atoms with E-state index in [0.29, 0.717) is 12.2 Å². The summed E-state index contributed by atoms with van der Waals surface area (Å²) < 4.78 is 3.70. The number of benzene rings is 1. The lowest BCUT2D eigenvalue weighted by molar-refractivity contribution is 0.0946. The molecular formula is C19H17N5O. The zero-order valence-electron chi connectivity index (χ0n) is 13.8. The summed E-state index contributed by atoms with van der Waals surface area (Å²) in [6, 6.07) is 15.6. The fourth-order valence-corrected chi connectivity index (χ4v) is 2.72. The second-order valence-electron chi connectivity index (χ2n) is 5.82. The predicted molar refractivity (Wildman–Crippen MR) is 94.7 cm³/mol. The highest BCUT2D eigenvalue weighted by Gasteiger charge is 2.11. The number of amides is 1. The molecule has 0 aliphatic rings. The van der Waals surface area contributed by atoms with Crippen LogP contribution in [0.25, 0.3) is 11.3 Å². The monoisotopic (exact) mass is 331 g/mol. The second kappa shape index (κ2) is 6.24. The summed E-state index contributed by atoms with van der Waals surface area (Å²) in [5.74, 6) is -0.181. The Hall–Kier alpha value is -3.41. The van der Waals surface area contributed by atoms with Crippen LogP contribution in [0.15, 0.2) is 67.1 Å². The van der Waals surface area contributed by atoms with Gasteiger partial charge in [-0.05, 0) is 42.8 Å². The molecule has 25 heavy (non-hydrogen) atoms. The molecule has 6 heteroatoms. The van der Waals surface area contributed by atoms with Crippen molar-refractivity contribution in [1.29, 1.82) is 0 Å². The quantitative estimate of drug-likeness (QED) is 0.625. The first-order valence-electron chi connectivity index (χ1n) is 8.02. The van der Waals surface area contributed by atoms with Gasteiger partial charge in [-0.15, -0.1) is 0 Å². The van der Waals surface area contributed by atoms with Crippen molar-refractivity contribution in [2.75, 3.05) is 0 Å². The first kappa shape index (κ1) is 15.1. The van der Waals surface area contributed by atoms with Crippen LogP contribution < -0.4 is 5.32 Å². The fourth-order valence-electron chi connectivity index (χ4n) is 2.72. The molecule has 0 fully saturated rings. The maximum atomic E-state index is 12.4. The van der Waals surface area contributed by atoms with Crippen LogP contribution in [0.2, 0.25) is 0 Å². The molecule has 0 saturated carbocycles. The van der Waals surface area contributed by atoms with E-state index in [0.717, 1.165) is 22.6 Å². The van der Waals surface area contributed by atoms with Gasteiger partial charge in [0.1, 0.15) is 11.3 Å². The van der Waals surface area contributed by atoms with Gasteiger partial charge in [0.2, 0.25) is 0 Å². The Morgan fingerprint density at radius 2 is 1.96 bits per heavy atom. The maximum Gasteiger partial charge on any atom is 0.271 e. The standard InChI is InChI=1S/C19H17N5O/c1-14-4-2-5-18-22-17(13-23(14)18)19(25)20-12-15-6-8-16(9-7-15)24-11-3-10-21-24/h2-11,13H,12H2,1H3,(H,20,25). The van der Waals surface area contributed by atoms with E-state index < -0.39 is 0 Å². The van der Waals surface area contributed by atoms with Crippen molar-refractivity contribution < 1.29 is 4.79 Å². The lowest BCUT2D eigenvalue weighted by Gasteiger charge is -2.05. The summed E-state index contributed by atoms with van der Waals surface area (Å²) in [6.45, 7) is 2.43. The average Bonchev–Trinajstić information content (AvgIpc) is 3.30. The number of fused-ring (bicyclic) bond motifs is 1. The Balaban J connectivity index is 1.45. The molecule has 6 nitrogen and oxygen atoms in total. The molecule has 3 aromatic heterocycles. The molecule has 0 saturated heterocycles. The SMILES string of the molecule is Cc1cccc2nc(C(=O)NCc3ccc(-n4cccn4)cc3)cn12. The number of pyridine rings is 1. The van der Waals surface area contributed by atoms with E-state index in [2.05, 4.69) is 15.4 Å². The van der Waals surface area contributed by atoms with E-state index in [1.54, 1.807) is 17.1 Å². The van der Waals surface area contributed by atoms with E-state index in [-0.39, 0.29) is 5.91 Å². The van der Waals surface area contributed by atoms with Crippen LogP contribution in [0.5, 0.6) is 0 Å². The molecule has 3 heterocycles. The molecule has 0 bridgehead atoms. The molecule has 0 unspecified atom stereocenters. The first-order chi connectivity index (χ1) is 12.2. The molecule has 0 aliphatic heterocycles. The smallest absolute Gasteiger partial charge is 0.271 e. The zero-order chi connectivity index (χ0) is 17.2. The van der Waals surface area contributed by atoms with Gasteiger partial charge in [-0.1, -0.05) is 18.2 Å². The third-order valence-electron chi connectivity index (χ3n) is 4.09. The summed E-state index contributed by atoms with van der Waals surface area (Å²) in [5, 5.41) is 7.11. The highest BCUT2D eigenvalue weighted by molar-refractivity contribution is 5.92. The number of rotatable bonds is 4. The van der Waals surface area contributed by atoms with Gasteiger partial charge in [-0.2, -0.15) is 5.10 Å². The highest BCUT2D eigenvalue weighted by atomic mass is 16.1. The number of carbonyl (C=O) groups excluding carboxylic acids is 1. The van der Waals surface area contributed by atoms with Gasteiger partial charge >= 0.3 is 0 Å². The maximum absolute atomic E-state index is 12.4. The molecule has 1 amide bonds. The molecular weight excluding hydrogens is 314 g/mol. The number of nitrogens with one attached hydrogen (secondary N) is 1. The summed E-state index contributed by atoms with van der Waals surface area (Å²) in [5.41, 5.74) is 4.23. The second-order valence-corrected chi connectivity index (χ2v) is 5.82. The van der Waals surface area contributed by atoms with E-state index >= 15 is 0 Å². The van der Waals surface area contributed by atoms with Crippen LogP contribution in [0.4, 0.5) is 0 Å². The number of aryl methyl sites for hydroxylation is 1. The molecule has 0 spiro atoms. The molecule has 0 radical (unpaired) electrons. The van der Waals surface area contributed by atoms with Crippen LogP contribution in [-0.2, 0) is 6.54 Å². The van der Waals surface area contributed by atoms with Gasteiger partial charge < -0.3 is 9.72 Å². The van der Waals surface area contributed by atoms with Gasteiger partial charge in [-0.3, -0.25) is 4.79 Å². The number of carbonyl (C=O) groups is 1. The van der Waals surface area contributed by atoms with Crippen molar-refractivity contribution in [3.05, 3.63) is 84.1 Å². The van der Waals surface area contributed by atoms with Gasteiger partial charge in [0.15, 0.2) is 0 Å². The third-order valence-corrected chi connectivity index (χ3v) is 4.09. The summed E-state index contributed by atoms with van der Waals surface area (Å²) in [7, 11) is 0. The van der Waals surface area contributed by atoms with Crippen LogP contribution in [0, 0.1) is 6.92 Å². The average molecular weight is 331 g/mol. The number of aromatic nitrogens is 4. The largest absolute Gasteiger partial charge is 0.347 e. The minimum absolute atomic E-state index is 0.181. The summed E-state index contributed by atoms with van der Waals surface area (Å²) >= 11 is 0. The normalized spacial score (nSPS) is 10.9. The van der Waals surface area contributed by atoms with E-state index in [9.17, 15) is 4.79 Å². The molecule has 4 aromatic rings. The van der Waals surface area contributed by atoms with Crippen molar-refractivity contribution in [2.24, 2.45) is 0 Å². The van der Waals surface area contributed by atoms with Crippen molar-refractivity contribution in [1.82, 2.24) is 24.5 Å². The van der Waals surface area contributed by atoms with Crippen molar-refractivity contribution in [3.8, 4) is 5.69 Å². The minimum Gasteiger partial charge on any atom is -0.347 e. The number of hydrogen-bond acceptors (Lipinski definition) is 3. The lowest BCUT2D eigenvalue weighted by Crippen LogP contribution is -2.23.